The molecule has 3 aliphatic rings. The molecule has 3 fully saturated rings. The van der Waals surface area contributed by atoms with Crippen molar-refractivity contribution >= 4 is 23.2 Å². The third-order valence-electron chi connectivity index (χ3n) is 6.23. The zero-order valence-corrected chi connectivity index (χ0v) is 15.6. The summed E-state index contributed by atoms with van der Waals surface area (Å²) in [5.74, 6) is 2.12. The normalized spacial score (nSPS) is 33.1. The lowest BCUT2D eigenvalue weighted by Crippen LogP contribution is -2.52. The fourth-order valence-electron chi connectivity index (χ4n) is 4.58. The van der Waals surface area contributed by atoms with Crippen LogP contribution in [0.3, 0.4) is 0 Å². The van der Waals surface area contributed by atoms with E-state index >= 15 is 0 Å². The second-order valence-electron chi connectivity index (χ2n) is 8.06. The molecule has 3 rings (SSSR count). The van der Waals surface area contributed by atoms with Crippen molar-refractivity contribution in [3.05, 3.63) is 0 Å². The third kappa shape index (κ3) is 3.65. The number of hydrogen-bond donors (Lipinski definition) is 1. The van der Waals surface area contributed by atoms with E-state index in [0.717, 1.165) is 42.9 Å². The van der Waals surface area contributed by atoms with Gasteiger partial charge in [0.15, 0.2) is 5.11 Å². The number of thiocarbonyl (C=S) groups is 1. The summed E-state index contributed by atoms with van der Waals surface area (Å²) in [5.41, 5.74) is 0. The van der Waals surface area contributed by atoms with Gasteiger partial charge in [-0.2, -0.15) is 0 Å². The van der Waals surface area contributed by atoms with Crippen LogP contribution in [-0.4, -0.2) is 53.0 Å². The average Bonchev–Trinajstić information content (AvgIpc) is 3.16. The molecular weight excluding hydrogens is 306 g/mol. The van der Waals surface area contributed by atoms with Crippen LogP contribution in [0.5, 0.6) is 0 Å². The number of carbonyl (C=O) groups is 1. The summed E-state index contributed by atoms with van der Waals surface area (Å²) in [6.45, 7) is 5.91. The number of hydrogen-bond acceptors (Lipinski definition) is 2. The smallest absolute Gasteiger partial charge is 0.227 e. The topological polar surface area (TPSA) is 35.6 Å². The first-order chi connectivity index (χ1) is 11.0. The molecule has 0 aromatic carbocycles. The van der Waals surface area contributed by atoms with Crippen molar-refractivity contribution in [1.29, 1.82) is 0 Å². The zero-order chi connectivity index (χ0) is 16.6. The van der Waals surface area contributed by atoms with E-state index in [1.165, 1.54) is 25.7 Å². The van der Waals surface area contributed by atoms with E-state index in [0.29, 0.717) is 6.04 Å². The lowest BCUT2D eigenvalue weighted by molar-refractivity contribution is -0.137. The highest BCUT2D eigenvalue weighted by atomic mass is 32.1. The highest BCUT2D eigenvalue weighted by molar-refractivity contribution is 7.80. The van der Waals surface area contributed by atoms with Crippen LogP contribution in [0.25, 0.3) is 0 Å². The van der Waals surface area contributed by atoms with Gasteiger partial charge in [-0.3, -0.25) is 4.79 Å². The fourth-order valence-corrected chi connectivity index (χ4v) is 4.89. The summed E-state index contributed by atoms with van der Waals surface area (Å²) < 4.78 is 0. The van der Waals surface area contributed by atoms with Crippen LogP contribution in [0.4, 0.5) is 0 Å². The number of fused-ring (bicyclic) bond motifs is 2. The van der Waals surface area contributed by atoms with Crippen LogP contribution < -0.4 is 5.32 Å². The van der Waals surface area contributed by atoms with Crippen molar-refractivity contribution in [2.24, 2.45) is 17.8 Å². The molecule has 0 radical (unpaired) electrons. The van der Waals surface area contributed by atoms with E-state index in [-0.39, 0.29) is 17.9 Å². The SMILES string of the molecule is CC(C)N(C)C(=O)C1CCCN(C(=S)NC2CC3CCC2C3)C1. The molecule has 23 heavy (non-hydrogen) atoms. The minimum Gasteiger partial charge on any atom is -0.360 e. The third-order valence-corrected chi connectivity index (χ3v) is 6.60. The predicted molar refractivity (Wildman–Crippen MR) is 97.2 cm³/mol. The quantitative estimate of drug-likeness (QED) is 0.803. The fraction of sp³-hybridized carbons (Fsp3) is 0.889. The molecule has 1 saturated heterocycles. The summed E-state index contributed by atoms with van der Waals surface area (Å²) in [6.07, 6.45) is 7.50. The molecule has 1 amide bonds. The summed E-state index contributed by atoms with van der Waals surface area (Å²) in [4.78, 5) is 16.7. The number of nitrogens with zero attached hydrogens (tertiary/aromatic N) is 2. The first-order valence-electron chi connectivity index (χ1n) is 9.27. The maximum absolute atomic E-state index is 12.6. The minimum absolute atomic E-state index is 0.0935. The predicted octanol–water partition coefficient (Wildman–Crippen LogP) is 2.63. The summed E-state index contributed by atoms with van der Waals surface area (Å²) in [7, 11) is 1.91. The number of carbonyl (C=O) groups excluding carboxylic acids is 1. The van der Waals surface area contributed by atoms with Crippen molar-refractivity contribution in [1.82, 2.24) is 15.1 Å². The molecule has 4 nitrogen and oxygen atoms in total. The van der Waals surface area contributed by atoms with Crippen molar-refractivity contribution in [3.63, 3.8) is 0 Å². The Bertz CT molecular complexity index is 467. The van der Waals surface area contributed by atoms with Gasteiger partial charge in [0, 0.05) is 32.2 Å². The number of piperidine rings is 1. The highest BCUT2D eigenvalue weighted by Crippen LogP contribution is 2.44. The van der Waals surface area contributed by atoms with Gasteiger partial charge in [0.05, 0.1) is 5.92 Å². The molecule has 0 aromatic rings. The van der Waals surface area contributed by atoms with Gasteiger partial charge in [0.1, 0.15) is 0 Å². The summed E-state index contributed by atoms with van der Waals surface area (Å²) in [5, 5.41) is 4.51. The monoisotopic (exact) mass is 337 g/mol. The van der Waals surface area contributed by atoms with Gasteiger partial charge in [0.25, 0.3) is 0 Å². The van der Waals surface area contributed by atoms with E-state index in [1.54, 1.807) is 0 Å². The molecular formula is C18H31N3OS. The van der Waals surface area contributed by atoms with E-state index in [4.69, 9.17) is 12.2 Å². The zero-order valence-electron chi connectivity index (χ0n) is 14.8. The van der Waals surface area contributed by atoms with E-state index in [9.17, 15) is 4.79 Å². The molecule has 2 aliphatic carbocycles. The Labute approximate surface area is 146 Å². The molecule has 4 unspecified atom stereocenters. The van der Waals surface area contributed by atoms with Crippen LogP contribution in [0.1, 0.15) is 52.4 Å². The molecule has 2 saturated carbocycles. The number of rotatable bonds is 3. The lowest BCUT2D eigenvalue weighted by atomic mass is 9.95. The first-order valence-corrected chi connectivity index (χ1v) is 9.68. The van der Waals surface area contributed by atoms with Crippen LogP contribution in [0.15, 0.2) is 0 Å². The molecule has 4 atom stereocenters. The number of amides is 1. The van der Waals surface area contributed by atoms with E-state index < -0.39 is 0 Å². The number of nitrogens with one attached hydrogen (secondary N) is 1. The Kier molecular flexibility index (Phi) is 5.14. The van der Waals surface area contributed by atoms with Crippen LogP contribution in [-0.2, 0) is 4.79 Å². The van der Waals surface area contributed by atoms with Gasteiger partial charge in [0.2, 0.25) is 5.91 Å². The van der Waals surface area contributed by atoms with Crippen LogP contribution in [0, 0.1) is 17.8 Å². The second kappa shape index (κ2) is 6.96. The Hall–Kier alpha value is -0.840. The van der Waals surface area contributed by atoms with Gasteiger partial charge in [-0.15, -0.1) is 0 Å². The summed E-state index contributed by atoms with van der Waals surface area (Å²) in [6, 6.07) is 0.840. The number of likely N-dealkylation sites (tertiary alicyclic amines) is 1. The van der Waals surface area contributed by atoms with Gasteiger partial charge in [-0.1, -0.05) is 6.42 Å². The Morgan fingerprint density at radius 2 is 2.04 bits per heavy atom. The van der Waals surface area contributed by atoms with E-state index in [2.05, 4.69) is 24.1 Å². The maximum atomic E-state index is 12.6. The van der Waals surface area contributed by atoms with Gasteiger partial charge in [-0.05, 0) is 70.0 Å². The largest absolute Gasteiger partial charge is 0.360 e. The second-order valence-corrected chi connectivity index (χ2v) is 8.45. The lowest BCUT2D eigenvalue weighted by Gasteiger charge is -2.37. The molecule has 0 spiro atoms. The Morgan fingerprint density at radius 3 is 2.65 bits per heavy atom. The van der Waals surface area contributed by atoms with Crippen LogP contribution in [0.2, 0.25) is 0 Å². The summed E-state index contributed by atoms with van der Waals surface area (Å²) >= 11 is 5.67. The van der Waals surface area contributed by atoms with Crippen LogP contribution >= 0.6 is 12.2 Å². The highest BCUT2D eigenvalue weighted by Gasteiger charge is 2.40. The molecule has 1 aliphatic heterocycles. The Morgan fingerprint density at radius 1 is 1.26 bits per heavy atom. The maximum Gasteiger partial charge on any atom is 0.227 e. The molecule has 1 N–H and O–H groups in total. The van der Waals surface area contributed by atoms with Gasteiger partial charge < -0.3 is 15.1 Å². The van der Waals surface area contributed by atoms with Crippen molar-refractivity contribution in [2.45, 2.75) is 64.5 Å². The molecule has 0 aromatic heterocycles. The average molecular weight is 338 g/mol. The molecule has 1 heterocycles. The molecule has 5 heteroatoms. The van der Waals surface area contributed by atoms with Crippen molar-refractivity contribution in [2.75, 3.05) is 20.1 Å². The van der Waals surface area contributed by atoms with Gasteiger partial charge in [-0.25, -0.2) is 0 Å². The molecule has 2 bridgehead atoms. The first kappa shape index (κ1) is 17.0. The Balaban J connectivity index is 1.53. The van der Waals surface area contributed by atoms with Crippen molar-refractivity contribution in [3.8, 4) is 0 Å². The van der Waals surface area contributed by atoms with Gasteiger partial charge >= 0.3 is 0 Å². The standard InChI is InChI=1S/C18H31N3OS/c1-12(2)20(3)17(22)15-5-4-8-21(11-15)18(23)19-16-10-13-6-7-14(16)9-13/h12-16H,4-11H2,1-3H3,(H,19,23). The molecule has 130 valence electrons. The minimum atomic E-state index is 0.0935. The van der Waals surface area contributed by atoms with E-state index in [1.807, 2.05) is 11.9 Å². The van der Waals surface area contributed by atoms with Crippen molar-refractivity contribution < 1.29 is 4.79 Å².